The maximum atomic E-state index is 4.70. The fourth-order valence-corrected chi connectivity index (χ4v) is 4.41. The van der Waals surface area contributed by atoms with Gasteiger partial charge in [-0.25, -0.2) is 24.9 Å². The van der Waals surface area contributed by atoms with Gasteiger partial charge in [-0.1, -0.05) is 18.2 Å². The first-order valence-electron chi connectivity index (χ1n) is 12.5. The second-order valence-electron chi connectivity index (χ2n) is 9.37. The number of rotatable bonds is 7. The topological polar surface area (TPSA) is 83.0 Å². The smallest absolute Gasteiger partial charge is 0.180 e. The summed E-state index contributed by atoms with van der Waals surface area (Å²) in [5.41, 5.74) is 4.14. The maximum Gasteiger partial charge on any atom is 0.180 e. The van der Waals surface area contributed by atoms with Gasteiger partial charge in [0.2, 0.25) is 0 Å². The molecule has 3 aromatic heterocycles. The van der Waals surface area contributed by atoms with Gasteiger partial charge in [-0.2, -0.15) is 0 Å². The maximum absolute atomic E-state index is 4.70. The molecule has 0 spiro atoms. The molecule has 1 aliphatic rings. The molecule has 184 valence electrons. The lowest BCUT2D eigenvalue weighted by atomic mass is 10.1. The molecule has 0 amide bonds. The Balaban J connectivity index is 1.23. The highest BCUT2D eigenvalue weighted by Gasteiger charge is 2.19. The van der Waals surface area contributed by atoms with Gasteiger partial charge in [-0.05, 0) is 62.7 Å². The van der Waals surface area contributed by atoms with E-state index in [1.165, 1.54) is 11.3 Å². The highest BCUT2D eigenvalue weighted by atomic mass is 15.3. The van der Waals surface area contributed by atoms with Gasteiger partial charge in [-0.3, -0.25) is 4.90 Å². The van der Waals surface area contributed by atoms with Crippen LogP contribution in [-0.4, -0.2) is 62.0 Å². The largest absolute Gasteiger partial charge is 0.369 e. The molecule has 1 N–H and O–H groups in total. The summed E-state index contributed by atoms with van der Waals surface area (Å²) >= 11 is 0. The van der Waals surface area contributed by atoms with Crippen molar-refractivity contribution >= 4 is 17.3 Å². The van der Waals surface area contributed by atoms with Crippen LogP contribution in [0.1, 0.15) is 30.9 Å². The number of piperazine rings is 1. The molecule has 36 heavy (non-hydrogen) atoms. The number of benzene rings is 1. The highest BCUT2D eigenvalue weighted by Crippen LogP contribution is 2.20. The molecule has 1 fully saturated rings. The van der Waals surface area contributed by atoms with Crippen molar-refractivity contribution in [2.75, 3.05) is 36.4 Å². The second-order valence-corrected chi connectivity index (χ2v) is 9.37. The third kappa shape index (κ3) is 5.83. The molecule has 4 heterocycles. The van der Waals surface area contributed by atoms with E-state index in [-0.39, 0.29) is 0 Å². The van der Waals surface area contributed by atoms with E-state index in [1.54, 1.807) is 12.4 Å². The average Bonchev–Trinajstić information content (AvgIpc) is 2.90. The lowest BCUT2D eigenvalue weighted by Gasteiger charge is -2.38. The Morgan fingerprint density at radius 1 is 0.806 bits per heavy atom. The standard InChI is InChI=1S/C28H32N8/c1-20(2)35-15-17-36(18-16-35)23-9-7-22(8-10-23)19-27-29-13-11-25(33-27)32-26-12-14-30-28(34-26)24-6-4-5-21(3)31-24/h4-14,20H,15-19H2,1-3H3,(H,29,30,32,33,34). The summed E-state index contributed by atoms with van der Waals surface area (Å²) in [5, 5.41) is 3.28. The number of hydrogen-bond donors (Lipinski definition) is 1. The predicted octanol–water partition coefficient (Wildman–Crippen LogP) is 4.50. The quantitative estimate of drug-likeness (QED) is 0.414. The summed E-state index contributed by atoms with van der Waals surface area (Å²) < 4.78 is 0. The van der Waals surface area contributed by atoms with Crippen molar-refractivity contribution in [3.63, 3.8) is 0 Å². The van der Waals surface area contributed by atoms with Crippen LogP contribution >= 0.6 is 0 Å². The SMILES string of the molecule is Cc1cccc(-c2nccc(Nc3ccnc(Cc4ccc(N5CCN(C(C)C)CC5)cc4)n3)n2)n1. The van der Waals surface area contributed by atoms with Crippen LogP contribution in [0.2, 0.25) is 0 Å². The van der Waals surface area contributed by atoms with Crippen molar-refractivity contribution in [3.05, 3.63) is 84.1 Å². The van der Waals surface area contributed by atoms with Gasteiger partial charge in [-0.15, -0.1) is 0 Å². The minimum atomic E-state index is 0.573. The first-order valence-corrected chi connectivity index (χ1v) is 12.5. The Morgan fingerprint density at radius 3 is 2.25 bits per heavy atom. The van der Waals surface area contributed by atoms with E-state index >= 15 is 0 Å². The average molecular weight is 481 g/mol. The van der Waals surface area contributed by atoms with E-state index < -0.39 is 0 Å². The van der Waals surface area contributed by atoms with Crippen molar-refractivity contribution in [2.45, 2.75) is 33.2 Å². The molecule has 8 nitrogen and oxygen atoms in total. The van der Waals surface area contributed by atoms with Crippen LogP contribution in [0.5, 0.6) is 0 Å². The van der Waals surface area contributed by atoms with E-state index in [0.717, 1.165) is 43.4 Å². The van der Waals surface area contributed by atoms with E-state index in [9.17, 15) is 0 Å². The van der Waals surface area contributed by atoms with Crippen LogP contribution in [-0.2, 0) is 6.42 Å². The van der Waals surface area contributed by atoms with Crippen molar-refractivity contribution in [1.82, 2.24) is 29.8 Å². The van der Waals surface area contributed by atoms with Gasteiger partial charge >= 0.3 is 0 Å². The van der Waals surface area contributed by atoms with Crippen LogP contribution < -0.4 is 10.2 Å². The molecule has 0 atom stereocenters. The number of hydrogen-bond acceptors (Lipinski definition) is 8. The van der Waals surface area contributed by atoms with E-state index in [4.69, 9.17) is 4.98 Å². The zero-order valence-corrected chi connectivity index (χ0v) is 21.1. The summed E-state index contributed by atoms with van der Waals surface area (Å²) in [6.45, 7) is 10.9. The lowest BCUT2D eigenvalue weighted by molar-refractivity contribution is 0.209. The van der Waals surface area contributed by atoms with Crippen LogP contribution in [0.25, 0.3) is 11.5 Å². The molecule has 8 heteroatoms. The van der Waals surface area contributed by atoms with Crippen molar-refractivity contribution < 1.29 is 0 Å². The first-order chi connectivity index (χ1) is 17.5. The Labute approximate surface area is 212 Å². The molecule has 5 rings (SSSR count). The van der Waals surface area contributed by atoms with E-state index in [0.29, 0.717) is 29.9 Å². The summed E-state index contributed by atoms with van der Waals surface area (Å²) in [6, 6.07) is 18.9. The monoisotopic (exact) mass is 480 g/mol. The Hall–Kier alpha value is -3.91. The minimum Gasteiger partial charge on any atom is -0.369 e. The summed E-state index contributed by atoms with van der Waals surface area (Å²) in [6.07, 6.45) is 4.16. The fourth-order valence-electron chi connectivity index (χ4n) is 4.41. The van der Waals surface area contributed by atoms with Gasteiger partial charge in [0.15, 0.2) is 5.82 Å². The van der Waals surface area contributed by atoms with Crippen molar-refractivity contribution in [3.8, 4) is 11.5 Å². The molecule has 0 bridgehead atoms. The molecule has 1 saturated heterocycles. The molecule has 4 aromatic rings. The van der Waals surface area contributed by atoms with Gasteiger partial charge in [0.1, 0.15) is 23.2 Å². The number of nitrogens with zero attached hydrogens (tertiary/aromatic N) is 7. The minimum absolute atomic E-state index is 0.573. The number of nitrogens with one attached hydrogen (secondary N) is 1. The Kier molecular flexibility index (Phi) is 7.13. The first kappa shape index (κ1) is 23.8. The normalized spacial score (nSPS) is 14.3. The molecule has 1 aliphatic heterocycles. The van der Waals surface area contributed by atoms with E-state index in [2.05, 4.69) is 73.2 Å². The predicted molar refractivity (Wildman–Crippen MR) is 143 cm³/mol. The molecule has 1 aromatic carbocycles. The van der Waals surface area contributed by atoms with Gasteiger partial charge in [0.05, 0.1) is 0 Å². The Morgan fingerprint density at radius 2 is 1.53 bits per heavy atom. The third-order valence-electron chi connectivity index (χ3n) is 6.44. The zero-order chi connectivity index (χ0) is 24.9. The van der Waals surface area contributed by atoms with Crippen molar-refractivity contribution in [1.29, 1.82) is 0 Å². The lowest BCUT2D eigenvalue weighted by Crippen LogP contribution is -2.48. The fraction of sp³-hybridized carbons (Fsp3) is 0.321. The summed E-state index contributed by atoms with van der Waals surface area (Å²) in [4.78, 5) is 27.7. The van der Waals surface area contributed by atoms with E-state index in [1.807, 2.05) is 37.3 Å². The molecule has 0 unspecified atom stereocenters. The van der Waals surface area contributed by atoms with Gasteiger partial charge in [0.25, 0.3) is 0 Å². The highest BCUT2D eigenvalue weighted by molar-refractivity contribution is 5.56. The van der Waals surface area contributed by atoms with Crippen LogP contribution in [0.3, 0.4) is 0 Å². The van der Waals surface area contributed by atoms with Crippen LogP contribution in [0.15, 0.2) is 67.0 Å². The number of anilines is 3. The number of pyridine rings is 1. The zero-order valence-electron chi connectivity index (χ0n) is 21.1. The molecular formula is C28H32N8. The van der Waals surface area contributed by atoms with Crippen molar-refractivity contribution in [2.24, 2.45) is 0 Å². The van der Waals surface area contributed by atoms with Crippen LogP contribution in [0, 0.1) is 6.92 Å². The molecule has 0 radical (unpaired) electrons. The summed E-state index contributed by atoms with van der Waals surface area (Å²) in [7, 11) is 0. The molecular weight excluding hydrogens is 448 g/mol. The number of aryl methyl sites for hydroxylation is 1. The van der Waals surface area contributed by atoms with Gasteiger partial charge in [0, 0.05) is 62.4 Å². The Bertz CT molecular complexity index is 1300. The van der Waals surface area contributed by atoms with Crippen LogP contribution in [0.4, 0.5) is 17.3 Å². The van der Waals surface area contributed by atoms with Gasteiger partial charge < -0.3 is 10.2 Å². The second kappa shape index (κ2) is 10.8. The number of aromatic nitrogens is 5. The molecule has 0 saturated carbocycles. The molecule has 0 aliphatic carbocycles. The third-order valence-corrected chi connectivity index (χ3v) is 6.44. The summed E-state index contributed by atoms with van der Waals surface area (Å²) in [5.74, 6) is 2.69.